The number of nitriles is 1. The SMILES string of the molecule is Cc1nc2c(ccc3c2c(C#N)cn3-c2ccc(C(=O)O)c(O)c2)o1. The van der Waals surface area contributed by atoms with Crippen LogP contribution in [-0.2, 0) is 0 Å². The molecule has 0 amide bonds. The molecule has 0 saturated heterocycles. The fourth-order valence-corrected chi connectivity index (χ4v) is 2.97. The van der Waals surface area contributed by atoms with Gasteiger partial charge < -0.3 is 19.2 Å². The van der Waals surface area contributed by atoms with Gasteiger partial charge in [0.15, 0.2) is 11.5 Å². The Balaban J connectivity index is 2.03. The van der Waals surface area contributed by atoms with Crippen molar-refractivity contribution in [1.82, 2.24) is 9.55 Å². The number of carbonyl (C=O) groups is 1. The Morgan fingerprint density at radius 2 is 2.12 bits per heavy atom. The summed E-state index contributed by atoms with van der Waals surface area (Å²) >= 11 is 0. The summed E-state index contributed by atoms with van der Waals surface area (Å²) in [4.78, 5) is 15.4. The van der Waals surface area contributed by atoms with Gasteiger partial charge in [0.25, 0.3) is 0 Å². The molecule has 0 spiro atoms. The third-order valence-electron chi connectivity index (χ3n) is 4.04. The van der Waals surface area contributed by atoms with Crippen LogP contribution < -0.4 is 0 Å². The fourth-order valence-electron chi connectivity index (χ4n) is 2.97. The summed E-state index contributed by atoms with van der Waals surface area (Å²) in [6, 6.07) is 9.95. The number of oxazole rings is 1. The van der Waals surface area contributed by atoms with Gasteiger partial charge in [0.2, 0.25) is 0 Å². The maximum absolute atomic E-state index is 11.1. The molecule has 0 aliphatic heterocycles. The highest BCUT2D eigenvalue weighted by molar-refractivity contribution is 6.06. The lowest BCUT2D eigenvalue weighted by molar-refractivity contribution is 0.0693. The largest absolute Gasteiger partial charge is 0.507 e. The highest BCUT2D eigenvalue weighted by atomic mass is 16.4. The zero-order chi connectivity index (χ0) is 17.7. The summed E-state index contributed by atoms with van der Waals surface area (Å²) in [6.45, 7) is 1.73. The van der Waals surface area contributed by atoms with Gasteiger partial charge in [0.1, 0.15) is 22.9 Å². The predicted octanol–water partition coefficient (Wildman–Crippen LogP) is 3.36. The van der Waals surface area contributed by atoms with E-state index in [2.05, 4.69) is 11.1 Å². The zero-order valence-corrected chi connectivity index (χ0v) is 13.0. The van der Waals surface area contributed by atoms with Crippen LogP contribution in [0.4, 0.5) is 0 Å². The van der Waals surface area contributed by atoms with Crippen LogP contribution in [-0.4, -0.2) is 25.7 Å². The standard InChI is InChI=1S/C18H11N3O4/c1-9-20-17-15(25-9)5-4-13-16(17)10(7-19)8-21(13)11-2-3-12(18(23)24)14(22)6-11/h2-6,8,22H,1H3,(H,23,24). The molecule has 0 atom stereocenters. The maximum Gasteiger partial charge on any atom is 0.339 e. The maximum atomic E-state index is 11.1. The number of carboxylic acids is 1. The highest BCUT2D eigenvalue weighted by Crippen LogP contribution is 2.32. The van der Waals surface area contributed by atoms with Crippen molar-refractivity contribution in [2.24, 2.45) is 0 Å². The lowest BCUT2D eigenvalue weighted by Crippen LogP contribution is -1.98. The van der Waals surface area contributed by atoms with Crippen molar-refractivity contribution in [2.45, 2.75) is 6.92 Å². The average molecular weight is 333 g/mol. The minimum Gasteiger partial charge on any atom is -0.507 e. The summed E-state index contributed by atoms with van der Waals surface area (Å²) in [5.74, 6) is -1.05. The number of carboxylic acid groups (broad SMARTS) is 1. The van der Waals surface area contributed by atoms with Crippen molar-refractivity contribution in [2.75, 3.05) is 0 Å². The molecule has 0 aliphatic rings. The van der Waals surface area contributed by atoms with E-state index in [4.69, 9.17) is 9.52 Å². The first kappa shape index (κ1) is 14.8. The van der Waals surface area contributed by atoms with E-state index in [1.54, 1.807) is 35.9 Å². The van der Waals surface area contributed by atoms with E-state index >= 15 is 0 Å². The Hall–Kier alpha value is -3.79. The Kier molecular flexibility index (Phi) is 3.02. The number of fused-ring (bicyclic) bond motifs is 3. The first-order valence-electron chi connectivity index (χ1n) is 7.37. The number of aromatic carboxylic acids is 1. The Bertz CT molecular complexity index is 1210. The number of aryl methyl sites for hydroxylation is 1. The molecule has 2 N–H and O–H groups in total. The van der Waals surface area contributed by atoms with Crippen LogP contribution in [0.25, 0.3) is 27.7 Å². The number of hydrogen-bond acceptors (Lipinski definition) is 5. The summed E-state index contributed by atoms with van der Waals surface area (Å²) in [5, 5.41) is 29.1. The second-order valence-corrected chi connectivity index (χ2v) is 5.57. The van der Waals surface area contributed by atoms with Gasteiger partial charge >= 0.3 is 5.97 Å². The van der Waals surface area contributed by atoms with Crippen molar-refractivity contribution in [3.8, 4) is 17.5 Å². The van der Waals surface area contributed by atoms with E-state index < -0.39 is 5.97 Å². The summed E-state index contributed by atoms with van der Waals surface area (Å²) < 4.78 is 7.23. The third-order valence-corrected chi connectivity index (χ3v) is 4.04. The van der Waals surface area contributed by atoms with E-state index in [0.717, 1.165) is 0 Å². The van der Waals surface area contributed by atoms with Crippen LogP contribution in [0, 0.1) is 18.3 Å². The second-order valence-electron chi connectivity index (χ2n) is 5.57. The van der Waals surface area contributed by atoms with Gasteiger partial charge in [0, 0.05) is 30.3 Å². The van der Waals surface area contributed by atoms with Crippen molar-refractivity contribution < 1.29 is 19.4 Å². The molecule has 7 nitrogen and oxygen atoms in total. The van der Waals surface area contributed by atoms with Crippen molar-refractivity contribution >= 4 is 28.0 Å². The smallest absolute Gasteiger partial charge is 0.339 e. The molecular weight excluding hydrogens is 322 g/mol. The topological polar surface area (TPSA) is 112 Å². The molecular formula is C18H11N3O4. The van der Waals surface area contributed by atoms with Crippen LogP contribution in [0.3, 0.4) is 0 Å². The molecule has 4 aromatic rings. The zero-order valence-electron chi connectivity index (χ0n) is 13.0. The van der Waals surface area contributed by atoms with E-state index in [1.165, 1.54) is 12.1 Å². The molecule has 0 unspecified atom stereocenters. The average Bonchev–Trinajstić information content (AvgIpc) is 3.13. The minimum absolute atomic E-state index is 0.185. The quantitative estimate of drug-likeness (QED) is 0.581. The number of phenols is 1. The lowest BCUT2D eigenvalue weighted by atomic mass is 10.1. The van der Waals surface area contributed by atoms with E-state index in [-0.39, 0.29) is 11.3 Å². The molecule has 0 radical (unpaired) electrons. The van der Waals surface area contributed by atoms with E-state index in [1.807, 2.05) is 0 Å². The predicted molar refractivity (Wildman–Crippen MR) is 88.9 cm³/mol. The monoisotopic (exact) mass is 333 g/mol. The van der Waals surface area contributed by atoms with Gasteiger partial charge in [-0.3, -0.25) is 0 Å². The molecule has 2 aromatic carbocycles. The molecule has 4 rings (SSSR count). The molecule has 0 aliphatic carbocycles. The highest BCUT2D eigenvalue weighted by Gasteiger charge is 2.17. The molecule has 25 heavy (non-hydrogen) atoms. The number of aromatic nitrogens is 2. The van der Waals surface area contributed by atoms with Gasteiger partial charge in [-0.1, -0.05) is 0 Å². The molecule has 7 heteroatoms. The van der Waals surface area contributed by atoms with Crippen LogP contribution >= 0.6 is 0 Å². The van der Waals surface area contributed by atoms with Gasteiger partial charge in [-0.15, -0.1) is 0 Å². The molecule has 2 heterocycles. The van der Waals surface area contributed by atoms with Gasteiger partial charge in [0.05, 0.1) is 11.1 Å². The number of rotatable bonds is 2. The number of aromatic hydroxyl groups is 1. The van der Waals surface area contributed by atoms with Crippen LogP contribution in [0.5, 0.6) is 5.75 Å². The Morgan fingerprint density at radius 3 is 2.80 bits per heavy atom. The summed E-state index contributed by atoms with van der Waals surface area (Å²) in [5.41, 5.74) is 2.65. The Labute approximate surface area is 141 Å². The number of hydrogen-bond donors (Lipinski definition) is 2. The summed E-state index contributed by atoms with van der Waals surface area (Å²) in [7, 11) is 0. The van der Waals surface area contributed by atoms with Crippen LogP contribution in [0.2, 0.25) is 0 Å². The Morgan fingerprint density at radius 1 is 1.32 bits per heavy atom. The van der Waals surface area contributed by atoms with E-state index in [9.17, 15) is 15.2 Å². The van der Waals surface area contributed by atoms with Crippen LogP contribution in [0.1, 0.15) is 21.8 Å². The molecule has 122 valence electrons. The molecule has 0 bridgehead atoms. The lowest BCUT2D eigenvalue weighted by Gasteiger charge is -2.07. The summed E-state index contributed by atoms with van der Waals surface area (Å²) in [6.07, 6.45) is 1.63. The molecule has 0 saturated carbocycles. The minimum atomic E-state index is -1.21. The fraction of sp³-hybridized carbons (Fsp3) is 0.0556. The van der Waals surface area contributed by atoms with Crippen molar-refractivity contribution in [3.05, 3.63) is 53.5 Å². The van der Waals surface area contributed by atoms with Gasteiger partial charge in [-0.05, 0) is 24.3 Å². The van der Waals surface area contributed by atoms with E-state index in [0.29, 0.717) is 39.1 Å². The molecule has 0 fully saturated rings. The normalized spacial score (nSPS) is 11.0. The molecule has 2 aromatic heterocycles. The van der Waals surface area contributed by atoms with Crippen molar-refractivity contribution in [1.29, 1.82) is 5.26 Å². The number of benzene rings is 2. The van der Waals surface area contributed by atoms with Gasteiger partial charge in [-0.2, -0.15) is 5.26 Å². The van der Waals surface area contributed by atoms with Crippen LogP contribution in [0.15, 0.2) is 40.9 Å². The van der Waals surface area contributed by atoms with Gasteiger partial charge in [-0.25, -0.2) is 9.78 Å². The first-order valence-corrected chi connectivity index (χ1v) is 7.37. The third kappa shape index (κ3) is 2.12. The second kappa shape index (κ2) is 5.11. The van der Waals surface area contributed by atoms with Crippen molar-refractivity contribution in [3.63, 3.8) is 0 Å². The first-order chi connectivity index (χ1) is 12.0. The number of nitrogens with zero attached hydrogens (tertiary/aromatic N) is 3.